The lowest BCUT2D eigenvalue weighted by molar-refractivity contribution is -0.117. The molecule has 2 amide bonds. The number of ether oxygens (including phenoxy) is 1. The number of halogens is 4. The minimum absolute atomic E-state index is 0.0341. The van der Waals surface area contributed by atoms with E-state index < -0.39 is 24.4 Å². The Bertz CT molecular complexity index is 1450. The minimum Gasteiger partial charge on any atom is -0.497 e. The number of methoxy groups -OCH3 is 1. The number of carbonyl (C=O) groups is 2. The molecule has 9 nitrogen and oxygen atoms in total. The molecular weight excluding hydrogens is 572 g/mol. The number of benzene rings is 2. The summed E-state index contributed by atoms with van der Waals surface area (Å²) in [5.41, 5.74) is 1.04. The van der Waals surface area contributed by atoms with E-state index in [0.717, 1.165) is 25.1 Å². The predicted molar refractivity (Wildman–Crippen MR) is 153 cm³/mol. The van der Waals surface area contributed by atoms with Gasteiger partial charge in [0.05, 0.1) is 13.2 Å². The second-order valence-electron chi connectivity index (χ2n) is 9.82. The van der Waals surface area contributed by atoms with Crippen LogP contribution in [0.15, 0.2) is 53.5 Å². The number of hydrogen-bond donors (Lipinski definition) is 3. The van der Waals surface area contributed by atoms with Gasteiger partial charge in [0.1, 0.15) is 28.9 Å². The molecule has 3 N–H and O–H groups in total. The number of aromatic nitrogens is 1. The predicted octanol–water partition coefficient (Wildman–Crippen LogP) is 3.59. The summed E-state index contributed by atoms with van der Waals surface area (Å²) in [4.78, 5) is 38.2. The topological polar surface area (TPSA) is 113 Å². The second kappa shape index (κ2) is 15.3. The van der Waals surface area contributed by atoms with Crippen molar-refractivity contribution in [3.05, 3.63) is 93.2 Å². The van der Waals surface area contributed by atoms with Crippen molar-refractivity contribution in [2.24, 2.45) is 0 Å². The van der Waals surface area contributed by atoms with Gasteiger partial charge in [0.15, 0.2) is 6.86 Å². The summed E-state index contributed by atoms with van der Waals surface area (Å²) in [5.74, 6) is -2.94. The molecule has 13 heteroatoms. The van der Waals surface area contributed by atoms with E-state index >= 15 is 0 Å². The number of nitrogens with one attached hydrogen (secondary N) is 2. The molecule has 3 heterocycles. The highest BCUT2D eigenvalue weighted by Gasteiger charge is 2.37. The zero-order chi connectivity index (χ0) is 31.7. The van der Waals surface area contributed by atoms with Gasteiger partial charge in [-0.3, -0.25) is 14.4 Å². The van der Waals surface area contributed by atoms with Gasteiger partial charge >= 0.3 is 0 Å². The number of nitrogens with zero attached hydrogens (tertiary/aromatic N) is 2. The van der Waals surface area contributed by atoms with Crippen LogP contribution in [0.2, 0.25) is 0 Å². The summed E-state index contributed by atoms with van der Waals surface area (Å²) in [7, 11) is 2.86. The van der Waals surface area contributed by atoms with E-state index in [1.807, 2.05) is 6.07 Å². The Morgan fingerprint density at radius 3 is 2.28 bits per heavy atom. The summed E-state index contributed by atoms with van der Waals surface area (Å²) >= 11 is 0. The van der Waals surface area contributed by atoms with Crippen LogP contribution in [0.1, 0.15) is 46.3 Å². The van der Waals surface area contributed by atoms with Gasteiger partial charge in [0.25, 0.3) is 11.5 Å². The van der Waals surface area contributed by atoms with Crippen molar-refractivity contribution in [1.82, 2.24) is 15.2 Å². The van der Waals surface area contributed by atoms with Crippen LogP contribution in [-0.2, 0) is 4.79 Å². The van der Waals surface area contributed by atoms with Crippen LogP contribution in [0.5, 0.6) is 5.75 Å². The molecule has 2 aliphatic rings. The fourth-order valence-electron chi connectivity index (χ4n) is 5.05. The van der Waals surface area contributed by atoms with Gasteiger partial charge in [0.2, 0.25) is 5.91 Å². The summed E-state index contributed by atoms with van der Waals surface area (Å²) < 4.78 is 57.7. The molecule has 3 aromatic rings. The van der Waals surface area contributed by atoms with Crippen molar-refractivity contribution in [1.29, 1.82) is 0 Å². The average Bonchev–Trinajstić information content (AvgIpc) is 3.64. The van der Waals surface area contributed by atoms with E-state index in [0.29, 0.717) is 23.4 Å². The first kappa shape index (κ1) is 33.3. The lowest BCUT2D eigenvalue weighted by Crippen LogP contribution is -2.35. The summed E-state index contributed by atoms with van der Waals surface area (Å²) in [6, 6.07) is 9.45. The Kier molecular flexibility index (Phi) is 11.8. The quantitative estimate of drug-likeness (QED) is 0.383. The third kappa shape index (κ3) is 7.99. The normalized spacial score (nSPS) is 17.5. The standard InChI is InChI=1S/C21H23F2N3O3.C8H8FNO.CH3FO/c1-12-4-6-25(14-3-5-24-10-14)21(28)20(12)26-11-13(7-18(26)27)19-16(22)8-15(29-2)9-17(19)23;1-10-8(11)6-2-4-7(9)5-3-6;2-1-3/h4,6,8-9,13-14,24H,3,5,7,10-11H2,1-2H3;2-5H,1H3,(H,10,11);3H,1H2. The second-order valence-corrected chi connectivity index (χ2v) is 9.82. The zero-order valence-electron chi connectivity index (χ0n) is 24.0. The average molecular weight is 607 g/mol. The van der Waals surface area contributed by atoms with Gasteiger partial charge in [-0.15, -0.1) is 0 Å². The van der Waals surface area contributed by atoms with Gasteiger partial charge in [-0.05, 0) is 55.8 Å². The highest BCUT2D eigenvalue weighted by molar-refractivity contribution is 5.97. The molecule has 0 saturated carbocycles. The highest BCUT2D eigenvalue weighted by atomic mass is 19.1. The fourth-order valence-corrected chi connectivity index (χ4v) is 5.05. The van der Waals surface area contributed by atoms with Crippen LogP contribution in [-0.4, -0.2) is 62.1 Å². The Morgan fingerprint density at radius 1 is 1.12 bits per heavy atom. The van der Waals surface area contributed by atoms with Gasteiger partial charge < -0.3 is 29.9 Å². The Morgan fingerprint density at radius 2 is 1.74 bits per heavy atom. The van der Waals surface area contributed by atoms with E-state index in [-0.39, 0.29) is 53.5 Å². The van der Waals surface area contributed by atoms with Crippen LogP contribution >= 0.6 is 0 Å². The maximum absolute atomic E-state index is 14.5. The molecule has 2 atom stereocenters. The highest BCUT2D eigenvalue weighted by Crippen LogP contribution is 2.36. The van der Waals surface area contributed by atoms with Gasteiger partial charge in [-0.1, -0.05) is 0 Å². The number of anilines is 1. The monoisotopic (exact) mass is 606 g/mol. The van der Waals surface area contributed by atoms with E-state index in [1.54, 1.807) is 17.7 Å². The van der Waals surface area contributed by atoms with Gasteiger partial charge in [0, 0.05) is 61.9 Å². The van der Waals surface area contributed by atoms with Crippen LogP contribution in [0, 0.1) is 24.4 Å². The molecule has 0 radical (unpaired) electrons. The van der Waals surface area contributed by atoms with E-state index in [1.165, 1.54) is 43.3 Å². The van der Waals surface area contributed by atoms with Crippen molar-refractivity contribution in [3.8, 4) is 5.75 Å². The summed E-state index contributed by atoms with van der Waals surface area (Å²) in [5, 5.41) is 12.6. The first-order chi connectivity index (χ1) is 20.6. The van der Waals surface area contributed by atoms with Crippen LogP contribution in [0.3, 0.4) is 0 Å². The summed E-state index contributed by atoms with van der Waals surface area (Å²) in [6.07, 6.45) is 2.53. The molecule has 2 aliphatic heterocycles. The molecule has 43 heavy (non-hydrogen) atoms. The Labute approximate surface area is 246 Å². The van der Waals surface area contributed by atoms with E-state index in [2.05, 4.69) is 10.6 Å². The molecule has 0 aliphatic carbocycles. The number of rotatable bonds is 5. The molecule has 2 unspecified atom stereocenters. The van der Waals surface area contributed by atoms with Crippen LogP contribution < -0.4 is 25.8 Å². The number of alkyl halides is 1. The van der Waals surface area contributed by atoms with E-state index in [9.17, 15) is 31.9 Å². The molecule has 2 fully saturated rings. The van der Waals surface area contributed by atoms with Crippen LogP contribution in [0.25, 0.3) is 0 Å². The Balaban J connectivity index is 0.000000301. The largest absolute Gasteiger partial charge is 0.497 e. The number of aryl methyl sites for hydroxylation is 1. The molecular formula is C30H34F4N4O5. The first-order valence-corrected chi connectivity index (χ1v) is 13.5. The number of aliphatic hydroxyl groups is 1. The molecule has 2 aromatic carbocycles. The van der Waals surface area contributed by atoms with Crippen molar-refractivity contribution in [2.75, 3.05) is 45.6 Å². The molecule has 1 aromatic heterocycles. The fraction of sp³-hybridized carbons (Fsp3) is 0.367. The minimum atomic E-state index is -1.25. The van der Waals surface area contributed by atoms with Gasteiger partial charge in [-0.2, -0.15) is 0 Å². The maximum atomic E-state index is 14.5. The molecule has 232 valence electrons. The number of hydrogen-bond acceptors (Lipinski definition) is 6. The maximum Gasteiger partial charge on any atom is 0.275 e. The Hall–Kier alpha value is -4.23. The number of aliphatic hydroxyl groups excluding tert-OH is 1. The number of carbonyl (C=O) groups excluding carboxylic acids is 2. The van der Waals surface area contributed by atoms with Crippen LogP contribution in [0.4, 0.5) is 23.2 Å². The molecule has 0 spiro atoms. The first-order valence-electron chi connectivity index (χ1n) is 13.5. The third-order valence-corrected chi connectivity index (χ3v) is 7.15. The number of amides is 2. The lowest BCUT2D eigenvalue weighted by Gasteiger charge is -2.22. The smallest absolute Gasteiger partial charge is 0.275 e. The van der Waals surface area contributed by atoms with Crippen molar-refractivity contribution >= 4 is 17.5 Å². The molecule has 0 bridgehead atoms. The third-order valence-electron chi connectivity index (χ3n) is 7.15. The molecule has 5 rings (SSSR count). The van der Waals surface area contributed by atoms with Crippen molar-refractivity contribution in [2.45, 2.75) is 31.7 Å². The van der Waals surface area contributed by atoms with Gasteiger partial charge in [-0.25, -0.2) is 17.6 Å². The van der Waals surface area contributed by atoms with Crippen molar-refractivity contribution in [3.63, 3.8) is 0 Å². The van der Waals surface area contributed by atoms with Crippen molar-refractivity contribution < 1.29 is 37.0 Å². The SMILES string of the molecule is CNC(=O)c1ccc(F)cc1.COc1cc(F)c(C2CC(=O)N(c3c(C)ccn(C4CCNC4)c3=O)C2)c(F)c1.OCF. The zero-order valence-corrected chi connectivity index (χ0v) is 24.0. The summed E-state index contributed by atoms with van der Waals surface area (Å²) in [6.45, 7) is 2.10. The number of pyridine rings is 1. The van der Waals surface area contributed by atoms with E-state index in [4.69, 9.17) is 9.84 Å². The lowest BCUT2D eigenvalue weighted by atomic mass is 9.97. The molecule has 2 saturated heterocycles.